The minimum absolute atomic E-state index is 0.170. The number of rotatable bonds is 9. The van der Waals surface area contributed by atoms with Crippen molar-refractivity contribution in [3.8, 4) is 0 Å². The summed E-state index contributed by atoms with van der Waals surface area (Å²) in [6, 6.07) is 18.1. The van der Waals surface area contributed by atoms with E-state index < -0.39 is 18.2 Å². The number of benzene rings is 3. The zero-order valence-corrected chi connectivity index (χ0v) is 21.3. The van der Waals surface area contributed by atoms with Gasteiger partial charge in [0.15, 0.2) is 23.9 Å². The summed E-state index contributed by atoms with van der Waals surface area (Å²) in [5.74, 6) is -0.868. The van der Waals surface area contributed by atoms with Crippen LogP contribution in [0, 0.1) is 6.92 Å². The Morgan fingerprint density at radius 2 is 1.82 bits per heavy atom. The minimum atomic E-state index is -1.19. The molecule has 2 atom stereocenters. The fourth-order valence-electron chi connectivity index (χ4n) is 4.83. The quantitative estimate of drug-likeness (QED) is 0.232. The van der Waals surface area contributed by atoms with Crippen molar-refractivity contribution in [2.75, 3.05) is 30.6 Å². The molecule has 1 N–H and O–H groups in total. The Labute approximate surface area is 219 Å². The molecule has 0 amide bonds. The number of nitrogens with one attached hydrogen (secondary N) is 1. The van der Waals surface area contributed by atoms with Crippen molar-refractivity contribution in [3.05, 3.63) is 89.8 Å². The number of carbonyl (C=O) groups is 2. The van der Waals surface area contributed by atoms with E-state index in [1.807, 2.05) is 42.2 Å². The molecule has 38 heavy (non-hydrogen) atoms. The first kappa shape index (κ1) is 25.4. The van der Waals surface area contributed by atoms with Crippen LogP contribution in [0.25, 0.3) is 11.1 Å². The normalized spacial score (nSPS) is 15.2. The topological polar surface area (TPSA) is 87.9 Å². The summed E-state index contributed by atoms with van der Waals surface area (Å²) >= 11 is 0. The molecule has 3 aromatic carbocycles. The number of para-hydroxylation sites is 1. The number of likely N-dealkylation sites (tertiary alicyclic amines) is 1. The van der Waals surface area contributed by atoms with Crippen LogP contribution >= 0.6 is 0 Å². The lowest BCUT2D eigenvalue weighted by Gasteiger charge is -2.34. The molecule has 8 nitrogen and oxygen atoms in total. The van der Waals surface area contributed by atoms with Crippen LogP contribution in [-0.4, -0.2) is 48.0 Å². The molecule has 2 unspecified atom stereocenters. The Bertz CT molecular complexity index is 1430. The maximum absolute atomic E-state index is 16.2. The van der Waals surface area contributed by atoms with E-state index in [4.69, 9.17) is 9.15 Å². The number of aryl methyl sites for hydroxylation is 1. The van der Waals surface area contributed by atoms with Gasteiger partial charge in [-0.1, -0.05) is 28.7 Å². The Hall–Kier alpha value is -4.24. The standard InChI is InChI=1S/C29H29FN4O4/c1-19-7-3-4-8-23(19)32-26(21-11-14-24-25(17-21)38-18-31-24)27(35)28(33-15-5-6-16-33)34(30)22-12-9-20(10-13-22)29(36)37-2/h3-4,7-14,17-18,26,28,32H,5-6,15-16H2,1-2H3. The predicted molar refractivity (Wildman–Crippen MR) is 143 cm³/mol. The van der Waals surface area contributed by atoms with E-state index in [9.17, 15) is 9.59 Å². The highest BCUT2D eigenvalue weighted by Crippen LogP contribution is 2.31. The number of ketones is 1. The number of methoxy groups -OCH3 is 1. The molecule has 1 aliphatic heterocycles. The van der Waals surface area contributed by atoms with Crippen LogP contribution in [0.2, 0.25) is 0 Å². The van der Waals surface area contributed by atoms with E-state index in [1.165, 1.54) is 37.8 Å². The molecular weight excluding hydrogens is 487 g/mol. The van der Waals surface area contributed by atoms with Crippen LogP contribution < -0.4 is 10.4 Å². The summed E-state index contributed by atoms with van der Waals surface area (Å²) in [5.41, 5.74) is 4.05. The zero-order chi connectivity index (χ0) is 26.6. The number of Topliss-reactive ketones (excluding diaryl/α,β-unsaturated/α-hetero) is 1. The van der Waals surface area contributed by atoms with Gasteiger partial charge in [-0.05, 0) is 73.4 Å². The molecule has 2 heterocycles. The largest absolute Gasteiger partial charge is 0.465 e. The van der Waals surface area contributed by atoms with Gasteiger partial charge >= 0.3 is 5.97 Å². The van der Waals surface area contributed by atoms with Crippen LogP contribution in [0.5, 0.6) is 0 Å². The zero-order valence-electron chi connectivity index (χ0n) is 21.3. The number of carbonyl (C=O) groups excluding carboxylic acids is 2. The lowest BCUT2D eigenvalue weighted by atomic mass is 9.98. The van der Waals surface area contributed by atoms with E-state index in [0.29, 0.717) is 40.4 Å². The number of hydrogen-bond donors (Lipinski definition) is 1. The van der Waals surface area contributed by atoms with Crippen molar-refractivity contribution in [2.45, 2.75) is 32.0 Å². The molecule has 0 bridgehead atoms. The third-order valence-electron chi connectivity index (χ3n) is 6.91. The van der Waals surface area contributed by atoms with Crippen molar-refractivity contribution in [3.63, 3.8) is 0 Å². The smallest absolute Gasteiger partial charge is 0.337 e. The summed E-state index contributed by atoms with van der Waals surface area (Å²) in [4.78, 5) is 32.2. The van der Waals surface area contributed by atoms with Gasteiger partial charge in [0.05, 0.1) is 18.4 Å². The molecule has 0 spiro atoms. The third kappa shape index (κ3) is 5.10. The van der Waals surface area contributed by atoms with Gasteiger partial charge in [0.2, 0.25) is 0 Å². The van der Waals surface area contributed by atoms with Crippen LogP contribution in [0.3, 0.4) is 0 Å². The second-order valence-corrected chi connectivity index (χ2v) is 9.34. The fourth-order valence-corrected chi connectivity index (χ4v) is 4.83. The molecule has 0 aliphatic carbocycles. The fraction of sp³-hybridized carbons (Fsp3) is 0.276. The Morgan fingerprint density at radius 3 is 2.53 bits per heavy atom. The molecule has 4 aromatic rings. The van der Waals surface area contributed by atoms with Crippen molar-refractivity contribution < 1.29 is 23.2 Å². The van der Waals surface area contributed by atoms with Gasteiger partial charge in [0, 0.05) is 18.8 Å². The first-order chi connectivity index (χ1) is 18.5. The van der Waals surface area contributed by atoms with Gasteiger partial charge in [-0.3, -0.25) is 9.69 Å². The summed E-state index contributed by atoms with van der Waals surface area (Å²) in [6.07, 6.45) is 1.92. The summed E-state index contributed by atoms with van der Waals surface area (Å²) in [7, 11) is 1.29. The van der Waals surface area contributed by atoms with Gasteiger partial charge < -0.3 is 14.5 Å². The first-order valence-electron chi connectivity index (χ1n) is 12.5. The Morgan fingerprint density at radius 1 is 1.08 bits per heavy atom. The lowest BCUT2D eigenvalue weighted by molar-refractivity contribution is -0.126. The SMILES string of the molecule is COC(=O)c1ccc(N(F)C(C(=O)C(Nc2ccccc2C)c2ccc3ncoc3c2)N2CCCC2)cc1. The third-order valence-corrected chi connectivity index (χ3v) is 6.91. The number of aromatic nitrogens is 1. The number of oxazole rings is 1. The Kier molecular flexibility index (Phi) is 7.37. The highest BCUT2D eigenvalue weighted by molar-refractivity contribution is 5.95. The number of fused-ring (bicyclic) bond motifs is 1. The number of anilines is 2. The van der Waals surface area contributed by atoms with E-state index in [1.54, 1.807) is 12.1 Å². The average Bonchev–Trinajstić information content (AvgIpc) is 3.64. The highest BCUT2D eigenvalue weighted by Gasteiger charge is 2.39. The molecule has 1 aromatic heterocycles. The highest BCUT2D eigenvalue weighted by atomic mass is 19.2. The average molecular weight is 517 g/mol. The monoisotopic (exact) mass is 516 g/mol. The minimum Gasteiger partial charge on any atom is -0.465 e. The van der Waals surface area contributed by atoms with E-state index in [2.05, 4.69) is 10.3 Å². The molecule has 1 saturated heterocycles. The number of halogens is 1. The Balaban J connectivity index is 1.54. The van der Waals surface area contributed by atoms with Crippen molar-refractivity contribution in [2.24, 2.45) is 0 Å². The molecule has 0 saturated carbocycles. The first-order valence-corrected chi connectivity index (χ1v) is 12.5. The molecule has 1 fully saturated rings. The van der Waals surface area contributed by atoms with Crippen molar-refractivity contribution in [1.82, 2.24) is 9.88 Å². The van der Waals surface area contributed by atoms with Crippen LogP contribution in [0.4, 0.5) is 15.9 Å². The molecule has 0 radical (unpaired) electrons. The number of ether oxygens (including phenoxy) is 1. The second-order valence-electron chi connectivity index (χ2n) is 9.34. The van der Waals surface area contributed by atoms with Crippen molar-refractivity contribution >= 4 is 34.2 Å². The maximum Gasteiger partial charge on any atom is 0.337 e. The lowest BCUT2D eigenvalue weighted by Crippen LogP contribution is -2.52. The molecule has 196 valence electrons. The maximum atomic E-state index is 16.2. The van der Waals surface area contributed by atoms with Gasteiger partial charge in [-0.2, -0.15) is 5.12 Å². The molecule has 5 rings (SSSR count). The van der Waals surface area contributed by atoms with Crippen LogP contribution in [0.15, 0.2) is 77.5 Å². The van der Waals surface area contributed by atoms with Gasteiger partial charge in [0.1, 0.15) is 11.6 Å². The van der Waals surface area contributed by atoms with Crippen LogP contribution in [0.1, 0.15) is 40.4 Å². The molecular formula is C29H29FN4O4. The molecule has 1 aliphatic rings. The summed E-state index contributed by atoms with van der Waals surface area (Å²) < 4.78 is 26.5. The van der Waals surface area contributed by atoms with E-state index in [0.717, 1.165) is 24.1 Å². The van der Waals surface area contributed by atoms with Gasteiger partial charge in [-0.15, -0.1) is 0 Å². The number of nitrogens with zero attached hydrogens (tertiary/aromatic N) is 3. The predicted octanol–water partition coefficient (Wildman–Crippen LogP) is 5.46. The van der Waals surface area contributed by atoms with Crippen LogP contribution in [-0.2, 0) is 9.53 Å². The van der Waals surface area contributed by atoms with Gasteiger partial charge in [-0.25, -0.2) is 9.78 Å². The van der Waals surface area contributed by atoms with E-state index in [-0.39, 0.29) is 11.5 Å². The summed E-state index contributed by atoms with van der Waals surface area (Å²) in [5, 5.41) is 3.86. The molecule has 9 heteroatoms. The number of esters is 1. The van der Waals surface area contributed by atoms with E-state index >= 15 is 4.48 Å². The number of hydrogen-bond acceptors (Lipinski definition) is 8. The second kappa shape index (κ2) is 11.0. The summed E-state index contributed by atoms with van der Waals surface area (Å²) in [6.45, 7) is 3.14. The van der Waals surface area contributed by atoms with Crippen molar-refractivity contribution in [1.29, 1.82) is 0 Å². The van der Waals surface area contributed by atoms with Gasteiger partial charge in [0.25, 0.3) is 0 Å².